The van der Waals surface area contributed by atoms with Gasteiger partial charge in [-0.15, -0.1) is 0 Å². The van der Waals surface area contributed by atoms with Crippen LogP contribution in [0.4, 0.5) is 5.69 Å². The van der Waals surface area contributed by atoms with Gasteiger partial charge in [-0.2, -0.15) is 5.10 Å². The molecule has 4 rings (SSSR count). The van der Waals surface area contributed by atoms with E-state index in [0.29, 0.717) is 13.1 Å². The molecule has 1 N–H and O–H groups in total. The molecule has 6 nitrogen and oxygen atoms in total. The molecule has 1 aliphatic heterocycles. The maximum atomic E-state index is 12.7. The molecule has 32 heavy (non-hydrogen) atoms. The van der Waals surface area contributed by atoms with Crippen molar-refractivity contribution in [3.05, 3.63) is 94.4 Å². The maximum absolute atomic E-state index is 12.7. The van der Waals surface area contributed by atoms with Crippen LogP contribution in [0.15, 0.2) is 77.7 Å². The summed E-state index contributed by atoms with van der Waals surface area (Å²) >= 11 is 0. The summed E-state index contributed by atoms with van der Waals surface area (Å²) in [6.07, 6.45) is 3.31. The number of carbonyl (C=O) groups is 1. The van der Waals surface area contributed by atoms with E-state index in [2.05, 4.69) is 34.4 Å². The summed E-state index contributed by atoms with van der Waals surface area (Å²) < 4.78 is 1.48. The molecule has 1 aliphatic rings. The molecule has 2 heterocycles. The lowest BCUT2D eigenvalue weighted by molar-refractivity contribution is -0.125. The molecule has 1 fully saturated rings. The molecule has 0 spiro atoms. The fourth-order valence-electron chi connectivity index (χ4n) is 4.17. The summed E-state index contributed by atoms with van der Waals surface area (Å²) in [7, 11) is 0. The maximum Gasteiger partial charge on any atom is 0.269 e. The molecule has 0 bridgehead atoms. The first-order valence-electron chi connectivity index (χ1n) is 11.3. The van der Waals surface area contributed by atoms with E-state index in [1.807, 2.05) is 48.5 Å². The monoisotopic (exact) mass is 430 g/mol. The van der Waals surface area contributed by atoms with Gasteiger partial charge in [-0.3, -0.25) is 9.59 Å². The minimum atomic E-state index is -0.110. The van der Waals surface area contributed by atoms with Crippen LogP contribution in [0.25, 0.3) is 0 Å². The van der Waals surface area contributed by atoms with Gasteiger partial charge in [-0.25, -0.2) is 4.68 Å². The van der Waals surface area contributed by atoms with E-state index in [1.54, 1.807) is 12.3 Å². The summed E-state index contributed by atoms with van der Waals surface area (Å²) in [5, 5.41) is 7.49. The molecule has 0 unspecified atom stereocenters. The molecule has 1 aromatic heterocycles. The molecule has 2 aromatic carbocycles. The van der Waals surface area contributed by atoms with Crippen molar-refractivity contribution in [3.8, 4) is 0 Å². The number of anilines is 1. The molecular weight excluding hydrogens is 400 g/mol. The summed E-state index contributed by atoms with van der Waals surface area (Å²) in [6.45, 7) is 4.73. The molecule has 1 atom stereocenters. The summed E-state index contributed by atoms with van der Waals surface area (Å²) in [5.41, 5.74) is 3.00. The molecule has 0 aliphatic carbocycles. The molecular formula is C26H30N4O2. The van der Waals surface area contributed by atoms with Crippen molar-refractivity contribution in [1.29, 1.82) is 0 Å². The van der Waals surface area contributed by atoms with E-state index in [9.17, 15) is 9.59 Å². The van der Waals surface area contributed by atoms with Gasteiger partial charge < -0.3 is 10.2 Å². The molecule has 1 saturated heterocycles. The van der Waals surface area contributed by atoms with Crippen molar-refractivity contribution in [3.63, 3.8) is 0 Å². The second-order valence-electron chi connectivity index (χ2n) is 8.51. The number of rotatable bonds is 7. The Hall–Kier alpha value is -3.41. The lowest BCUT2D eigenvalue weighted by atomic mass is 9.95. The average molecular weight is 431 g/mol. The van der Waals surface area contributed by atoms with Crippen molar-refractivity contribution in [2.45, 2.75) is 32.2 Å². The van der Waals surface area contributed by atoms with Crippen LogP contribution in [0, 0.1) is 5.92 Å². The number of nitrogens with one attached hydrogen (secondary N) is 1. The highest BCUT2D eigenvalue weighted by atomic mass is 16.2. The lowest BCUT2D eigenvalue weighted by Gasteiger charge is -2.32. The number of benzene rings is 2. The van der Waals surface area contributed by atoms with Crippen LogP contribution in [0.5, 0.6) is 0 Å². The molecule has 0 radical (unpaired) electrons. The Kier molecular flexibility index (Phi) is 7.00. The van der Waals surface area contributed by atoms with Crippen LogP contribution in [0.3, 0.4) is 0 Å². The standard InChI is InChI=1S/C26H30N4O2/c1-20(22-10-6-3-7-11-22)17-27-26(32)23-12-14-29(15-13-23)24-16-25(31)30(28-18-24)19-21-8-4-2-5-9-21/h2-11,16,18,20,23H,12-15,17,19H2,1H3,(H,27,32)/t20-/m1/s1. The van der Waals surface area contributed by atoms with Crippen molar-refractivity contribution >= 4 is 11.6 Å². The number of piperidine rings is 1. The van der Waals surface area contributed by atoms with Gasteiger partial charge in [-0.05, 0) is 29.9 Å². The molecule has 1 amide bonds. The van der Waals surface area contributed by atoms with Gasteiger partial charge in [0, 0.05) is 31.6 Å². The number of hydrogen-bond donors (Lipinski definition) is 1. The van der Waals surface area contributed by atoms with E-state index in [1.165, 1.54) is 10.2 Å². The molecule has 0 saturated carbocycles. The van der Waals surface area contributed by atoms with Crippen LogP contribution < -0.4 is 15.8 Å². The van der Waals surface area contributed by atoms with Gasteiger partial charge in [0.15, 0.2) is 0 Å². The lowest BCUT2D eigenvalue weighted by Crippen LogP contribution is -2.41. The van der Waals surface area contributed by atoms with Crippen molar-refractivity contribution in [2.75, 3.05) is 24.5 Å². The third-order valence-electron chi connectivity index (χ3n) is 6.21. The number of hydrogen-bond acceptors (Lipinski definition) is 4. The Morgan fingerprint density at radius 3 is 2.38 bits per heavy atom. The van der Waals surface area contributed by atoms with Gasteiger partial charge in [0.25, 0.3) is 5.56 Å². The first-order valence-corrected chi connectivity index (χ1v) is 11.3. The van der Waals surface area contributed by atoms with E-state index >= 15 is 0 Å². The fraction of sp³-hybridized carbons (Fsp3) is 0.346. The summed E-state index contributed by atoms with van der Waals surface area (Å²) in [5.74, 6) is 0.429. The second kappa shape index (κ2) is 10.3. The third kappa shape index (κ3) is 5.44. The number of aromatic nitrogens is 2. The van der Waals surface area contributed by atoms with Crippen LogP contribution in [-0.4, -0.2) is 35.3 Å². The average Bonchev–Trinajstić information content (AvgIpc) is 2.85. The minimum Gasteiger partial charge on any atom is -0.370 e. The predicted octanol–water partition coefficient (Wildman–Crippen LogP) is 3.43. The van der Waals surface area contributed by atoms with Crippen molar-refractivity contribution in [1.82, 2.24) is 15.1 Å². The SMILES string of the molecule is C[C@H](CNC(=O)C1CCN(c2cnn(Cc3ccccc3)c(=O)c2)CC1)c1ccccc1. The van der Waals surface area contributed by atoms with Crippen molar-refractivity contribution < 1.29 is 4.79 Å². The number of amides is 1. The normalized spacial score (nSPS) is 15.3. The minimum absolute atomic E-state index is 0.0145. The van der Waals surface area contributed by atoms with Gasteiger partial charge in [0.1, 0.15) is 0 Å². The Balaban J connectivity index is 1.28. The summed E-state index contributed by atoms with van der Waals surface area (Å²) in [6, 6.07) is 21.7. The highest BCUT2D eigenvalue weighted by molar-refractivity contribution is 5.79. The van der Waals surface area contributed by atoms with Gasteiger partial charge in [-0.1, -0.05) is 67.6 Å². The third-order valence-corrected chi connectivity index (χ3v) is 6.21. The zero-order valence-electron chi connectivity index (χ0n) is 18.5. The van der Waals surface area contributed by atoms with E-state index in [4.69, 9.17) is 0 Å². The largest absolute Gasteiger partial charge is 0.370 e. The Labute approximate surface area is 188 Å². The quantitative estimate of drug-likeness (QED) is 0.624. The van der Waals surface area contributed by atoms with Crippen LogP contribution in [-0.2, 0) is 11.3 Å². The second-order valence-corrected chi connectivity index (χ2v) is 8.51. The molecule has 166 valence electrons. The first kappa shape index (κ1) is 21.8. The fourth-order valence-corrected chi connectivity index (χ4v) is 4.17. The zero-order chi connectivity index (χ0) is 22.3. The molecule has 6 heteroatoms. The smallest absolute Gasteiger partial charge is 0.269 e. The first-order chi connectivity index (χ1) is 15.6. The Morgan fingerprint density at radius 2 is 1.72 bits per heavy atom. The topological polar surface area (TPSA) is 67.2 Å². The zero-order valence-corrected chi connectivity index (χ0v) is 18.5. The predicted molar refractivity (Wildman–Crippen MR) is 127 cm³/mol. The van der Waals surface area contributed by atoms with E-state index in [0.717, 1.165) is 37.2 Å². The van der Waals surface area contributed by atoms with Crippen molar-refractivity contribution in [2.24, 2.45) is 5.92 Å². The van der Waals surface area contributed by atoms with Gasteiger partial charge in [0.05, 0.1) is 18.4 Å². The van der Waals surface area contributed by atoms with Crippen LogP contribution >= 0.6 is 0 Å². The highest BCUT2D eigenvalue weighted by Crippen LogP contribution is 2.22. The number of nitrogens with zero attached hydrogens (tertiary/aromatic N) is 3. The highest BCUT2D eigenvalue weighted by Gasteiger charge is 2.25. The van der Waals surface area contributed by atoms with Gasteiger partial charge in [0.2, 0.25) is 5.91 Å². The Morgan fingerprint density at radius 1 is 1.06 bits per heavy atom. The molecule has 3 aromatic rings. The van der Waals surface area contributed by atoms with Gasteiger partial charge >= 0.3 is 0 Å². The van der Waals surface area contributed by atoms with Crippen LogP contribution in [0.2, 0.25) is 0 Å². The van der Waals surface area contributed by atoms with E-state index < -0.39 is 0 Å². The Bertz CT molecular complexity index is 1070. The van der Waals surface area contributed by atoms with E-state index in [-0.39, 0.29) is 23.3 Å². The summed E-state index contributed by atoms with van der Waals surface area (Å²) in [4.78, 5) is 27.3. The van der Waals surface area contributed by atoms with Crippen LogP contribution in [0.1, 0.15) is 36.8 Å². The number of carbonyl (C=O) groups excluding carboxylic acids is 1.